The second kappa shape index (κ2) is 8.44. The van der Waals surface area contributed by atoms with Gasteiger partial charge in [-0.1, -0.05) is 36.9 Å². The zero-order valence-electron chi connectivity index (χ0n) is 15.2. The van der Waals surface area contributed by atoms with E-state index in [1.54, 1.807) is 4.57 Å². The first kappa shape index (κ1) is 18.6. The van der Waals surface area contributed by atoms with Crippen LogP contribution in [0.5, 0.6) is 0 Å². The van der Waals surface area contributed by atoms with Gasteiger partial charge in [0.2, 0.25) is 5.91 Å². The van der Waals surface area contributed by atoms with Crippen LogP contribution in [0.25, 0.3) is 0 Å². The summed E-state index contributed by atoms with van der Waals surface area (Å²) in [5.41, 5.74) is 0.979. The SMILES string of the molecule is CCCn1c(S[C@@H](C)C(=O)N2CCN(c3ccccc3)CC2)n[nH]c1=O. The molecule has 0 radical (unpaired) electrons. The Morgan fingerprint density at radius 1 is 1.23 bits per heavy atom. The zero-order valence-corrected chi connectivity index (χ0v) is 16.0. The lowest BCUT2D eigenvalue weighted by atomic mass is 10.2. The number of hydrogen-bond acceptors (Lipinski definition) is 5. The summed E-state index contributed by atoms with van der Waals surface area (Å²) in [5, 5.41) is 6.85. The van der Waals surface area contributed by atoms with E-state index in [0.29, 0.717) is 24.8 Å². The summed E-state index contributed by atoms with van der Waals surface area (Å²) in [6, 6.07) is 10.3. The molecule has 1 fully saturated rings. The van der Waals surface area contributed by atoms with Gasteiger partial charge in [-0.15, -0.1) is 5.10 Å². The summed E-state index contributed by atoms with van der Waals surface area (Å²) >= 11 is 1.35. The molecule has 1 atom stereocenters. The molecule has 8 heteroatoms. The van der Waals surface area contributed by atoms with Crippen molar-refractivity contribution >= 4 is 23.4 Å². The highest BCUT2D eigenvalue weighted by atomic mass is 32.2. The Bertz CT molecular complexity index is 780. The largest absolute Gasteiger partial charge is 0.368 e. The Labute approximate surface area is 157 Å². The fourth-order valence-electron chi connectivity index (χ4n) is 3.10. The second-order valence-electron chi connectivity index (χ2n) is 6.37. The predicted molar refractivity (Wildman–Crippen MR) is 104 cm³/mol. The van der Waals surface area contributed by atoms with Crippen LogP contribution in [0.3, 0.4) is 0 Å². The minimum absolute atomic E-state index is 0.0983. The molecule has 1 aromatic carbocycles. The van der Waals surface area contributed by atoms with E-state index in [4.69, 9.17) is 0 Å². The summed E-state index contributed by atoms with van der Waals surface area (Å²) in [4.78, 5) is 28.8. The number of thioether (sulfide) groups is 1. The molecule has 1 aliphatic heterocycles. The number of nitrogens with one attached hydrogen (secondary N) is 1. The third kappa shape index (κ3) is 4.12. The molecule has 1 amide bonds. The van der Waals surface area contributed by atoms with Crippen molar-refractivity contribution in [1.29, 1.82) is 0 Å². The molecule has 26 heavy (non-hydrogen) atoms. The third-order valence-electron chi connectivity index (χ3n) is 4.51. The quantitative estimate of drug-likeness (QED) is 0.780. The molecule has 1 saturated heterocycles. The predicted octanol–water partition coefficient (Wildman–Crippen LogP) is 1.81. The number of amides is 1. The topological polar surface area (TPSA) is 74.2 Å². The molecule has 1 aliphatic rings. The van der Waals surface area contributed by atoms with E-state index in [9.17, 15) is 9.59 Å². The van der Waals surface area contributed by atoms with E-state index in [0.717, 1.165) is 19.5 Å². The second-order valence-corrected chi connectivity index (χ2v) is 7.68. The van der Waals surface area contributed by atoms with E-state index < -0.39 is 0 Å². The minimum Gasteiger partial charge on any atom is -0.368 e. The minimum atomic E-state index is -0.274. The molecule has 140 valence electrons. The normalized spacial score (nSPS) is 15.9. The summed E-state index contributed by atoms with van der Waals surface area (Å²) in [7, 11) is 0. The van der Waals surface area contributed by atoms with Crippen LogP contribution in [0, 0.1) is 0 Å². The Morgan fingerprint density at radius 3 is 2.58 bits per heavy atom. The van der Waals surface area contributed by atoms with Gasteiger partial charge in [-0.2, -0.15) is 0 Å². The van der Waals surface area contributed by atoms with Crippen molar-refractivity contribution in [3.63, 3.8) is 0 Å². The monoisotopic (exact) mass is 375 g/mol. The fourth-order valence-corrected chi connectivity index (χ4v) is 4.07. The van der Waals surface area contributed by atoms with E-state index in [1.165, 1.54) is 17.4 Å². The number of H-pyrrole nitrogens is 1. The van der Waals surface area contributed by atoms with Crippen molar-refractivity contribution in [3.05, 3.63) is 40.8 Å². The first-order valence-corrected chi connectivity index (χ1v) is 9.88. The van der Waals surface area contributed by atoms with Gasteiger partial charge >= 0.3 is 5.69 Å². The molecular formula is C18H25N5O2S. The average Bonchev–Trinajstić information content (AvgIpc) is 3.02. The number of hydrogen-bond donors (Lipinski definition) is 1. The van der Waals surface area contributed by atoms with Crippen LogP contribution in [-0.2, 0) is 11.3 Å². The molecule has 2 aromatic rings. The summed E-state index contributed by atoms with van der Waals surface area (Å²) < 4.78 is 1.60. The number of para-hydroxylation sites is 1. The first-order valence-electron chi connectivity index (χ1n) is 9.00. The highest BCUT2D eigenvalue weighted by molar-refractivity contribution is 8.00. The molecule has 7 nitrogen and oxygen atoms in total. The van der Waals surface area contributed by atoms with Gasteiger partial charge in [-0.25, -0.2) is 9.89 Å². The van der Waals surface area contributed by atoms with E-state index in [1.807, 2.05) is 36.9 Å². The Morgan fingerprint density at radius 2 is 1.92 bits per heavy atom. The van der Waals surface area contributed by atoms with Crippen molar-refractivity contribution in [3.8, 4) is 0 Å². The Hall–Kier alpha value is -2.22. The van der Waals surface area contributed by atoms with Crippen molar-refractivity contribution < 1.29 is 4.79 Å². The van der Waals surface area contributed by atoms with Crippen molar-refractivity contribution in [2.45, 2.75) is 37.2 Å². The number of aromatic amines is 1. The molecule has 0 spiro atoms. The highest BCUT2D eigenvalue weighted by Crippen LogP contribution is 2.23. The maximum Gasteiger partial charge on any atom is 0.343 e. The van der Waals surface area contributed by atoms with Crippen molar-refractivity contribution in [2.24, 2.45) is 0 Å². The van der Waals surface area contributed by atoms with Crippen molar-refractivity contribution in [2.75, 3.05) is 31.1 Å². The third-order valence-corrected chi connectivity index (χ3v) is 5.59. The molecule has 0 saturated carbocycles. The first-order chi connectivity index (χ1) is 12.6. The highest BCUT2D eigenvalue weighted by Gasteiger charge is 2.27. The van der Waals surface area contributed by atoms with E-state index in [-0.39, 0.29) is 16.8 Å². The van der Waals surface area contributed by atoms with Gasteiger partial charge < -0.3 is 9.80 Å². The molecule has 3 rings (SSSR count). The number of nitrogens with zero attached hydrogens (tertiary/aromatic N) is 4. The van der Waals surface area contributed by atoms with Crippen LogP contribution in [-0.4, -0.2) is 57.0 Å². The van der Waals surface area contributed by atoms with Crippen LogP contribution >= 0.6 is 11.8 Å². The molecular weight excluding hydrogens is 350 g/mol. The van der Waals surface area contributed by atoms with Gasteiger partial charge in [0.1, 0.15) is 0 Å². The van der Waals surface area contributed by atoms with Gasteiger partial charge in [0, 0.05) is 38.4 Å². The number of carbonyl (C=O) groups is 1. The van der Waals surface area contributed by atoms with Gasteiger partial charge in [0.05, 0.1) is 5.25 Å². The lowest BCUT2D eigenvalue weighted by Gasteiger charge is -2.37. The molecule has 0 bridgehead atoms. The summed E-state index contributed by atoms with van der Waals surface area (Å²) in [6.45, 7) is 7.57. The number of benzene rings is 1. The molecule has 2 heterocycles. The Kier molecular flexibility index (Phi) is 6.03. The number of aromatic nitrogens is 3. The van der Waals surface area contributed by atoms with Crippen LogP contribution < -0.4 is 10.6 Å². The smallest absolute Gasteiger partial charge is 0.343 e. The molecule has 0 aliphatic carbocycles. The average molecular weight is 375 g/mol. The summed E-state index contributed by atoms with van der Waals surface area (Å²) in [6.07, 6.45) is 0.844. The molecule has 0 unspecified atom stereocenters. The van der Waals surface area contributed by atoms with Gasteiger partial charge in [0.15, 0.2) is 5.16 Å². The van der Waals surface area contributed by atoms with Crippen LogP contribution in [0.15, 0.2) is 40.3 Å². The maximum atomic E-state index is 12.8. The fraction of sp³-hybridized carbons (Fsp3) is 0.500. The lowest BCUT2D eigenvalue weighted by Crippen LogP contribution is -2.50. The summed E-state index contributed by atoms with van der Waals surface area (Å²) in [5.74, 6) is 0.0983. The number of rotatable bonds is 6. The number of piperazine rings is 1. The number of anilines is 1. The molecule has 1 N–H and O–H groups in total. The standard InChI is InChI=1S/C18H25N5O2S/c1-3-9-23-17(25)19-20-18(23)26-14(2)16(24)22-12-10-21(11-13-22)15-7-5-4-6-8-15/h4-8,14H,3,9-13H2,1-2H3,(H,19,25)/t14-/m0/s1. The van der Waals surface area contributed by atoms with E-state index in [2.05, 4.69) is 27.2 Å². The van der Waals surface area contributed by atoms with Crippen LogP contribution in [0.4, 0.5) is 5.69 Å². The van der Waals surface area contributed by atoms with E-state index >= 15 is 0 Å². The van der Waals surface area contributed by atoms with Gasteiger partial charge in [0.25, 0.3) is 0 Å². The van der Waals surface area contributed by atoms with Gasteiger partial charge in [-0.3, -0.25) is 9.36 Å². The van der Waals surface area contributed by atoms with Crippen LogP contribution in [0.2, 0.25) is 0 Å². The van der Waals surface area contributed by atoms with Gasteiger partial charge in [-0.05, 0) is 25.5 Å². The zero-order chi connectivity index (χ0) is 18.5. The lowest BCUT2D eigenvalue weighted by molar-refractivity contribution is -0.130. The Balaban J connectivity index is 1.57. The maximum absolute atomic E-state index is 12.8. The van der Waals surface area contributed by atoms with Crippen molar-refractivity contribution in [1.82, 2.24) is 19.7 Å². The van der Waals surface area contributed by atoms with Crippen LogP contribution in [0.1, 0.15) is 20.3 Å². The molecule has 1 aromatic heterocycles. The number of carbonyl (C=O) groups excluding carboxylic acids is 1.